The summed E-state index contributed by atoms with van der Waals surface area (Å²) in [6, 6.07) is 30.2. The van der Waals surface area contributed by atoms with Crippen LogP contribution in [0, 0.1) is 5.82 Å². The molecule has 6 heteroatoms. The molecule has 208 valence electrons. The zero-order chi connectivity index (χ0) is 28.8. The maximum atomic E-state index is 14.0. The van der Waals surface area contributed by atoms with E-state index in [1.165, 1.54) is 19.2 Å². The number of methoxy groups -OCH3 is 1. The molecule has 2 heterocycles. The Morgan fingerprint density at radius 1 is 0.902 bits per heavy atom. The van der Waals surface area contributed by atoms with Crippen LogP contribution in [-0.2, 0) is 27.1 Å². The average molecular weight is 550 g/mol. The van der Waals surface area contributed by atoms with Gasteiger partial charge < -0.3 is 18.8 Å². The average Bonchev–Trinajstić information content (AvgIpc) is 3.37. The molecule has 0 saturated heterocycles. The standard InChI is InChI=1S/C35H32FNO4/c1-34(2)32-31(35(3,22-41-34)25-15-13-24(14-16-25)33(38)39-4)30-28(37(32)27-19-17-26(36)18-20-27)11-8-12-29(30)40-21-23-9-6-5-7-10-23/h5-20H,21-22H2,1-4H3. The van der Waals surface area contributed by atoms with Crippen molar-refractivity contribution in [3.63, 3.8) is 0 Å². The quantitative estimate of drug-likeness (QED) is 0.204. The van der Waals surface area contributed by atoms with Crippen LogP contribution in [0.2, 0.25) is 0 Å². The van der Waals surface area contributed by atoms with E-state index in [1.54, 1.807) is 24.3 Å². The van der Waals surface area contributed by atoms with Crippen molar-refractivity contribution < 1.29 is 23.4 Å². The lowest BCUT2D eigenvalue weighted by Gasteiger charge is -2.43. The van der Waals surface area contributed by atoms with Gasteiger partial charge in [0.2, 0.25) is 0 Å². The van der Waals surface area contributed by atoms with Crippen LogP contribution in [0.25, 0.3) is 16.6 Å². The molecular formula is C35H32FNO4. The van der Waals surface area contributed by atoms with Crippen molar-refractivity contribution in [1.82, 2.24) is 4.57 Å². The maximum absolute atomic E-state index is 14.0. The molecule has 0 radical (unpaired) electrons. The molecular weight excluding hydrogens is 517 g/mol. The van der Waals surface area contributed by atoms with Gasteiger partial charge in [0.25, 0.3) is 0 Å². The Kier molecular flexibility index (Phi) is 6.66. The van der Waals surface area contributed by atoms with Crippen molar-refractivity contribution in [2.24, 2.45) is 0 Å². The molecule has 0 bridgehead atoms. The number of aromatic nitrogens is 1. The second-order valence-electron chi connectivity index (χ2n) is 11.2. The lowest BCUT2D eigenvalue weighted by atomic mass is 9.71. The van der Waals surface area contributed by atoms with E-state index in [1.807, 2.05) is 54.6 Å². The summed E-state index contributed by atoms with van der Waals surface area (Å²) in [5.41, 5.74) is 5.14. The van der Waals surface area contributed by atoms with Crippen LogP contribution < -0.4 is 4.74 Å². The maximum Gasteiger partial charge on any atom is 0.337 e. The molecule has 0 N–H and O–H groups in total. The molecule has 0 saturated carbocycles. The third-order valence-corrected chi connectivity index (χ3v) is 8.06. The molecule has 1 unspecified atom stereocenters. The molecule has 5 aromatic rings. The van der Waals surface area contributed by atoms with Crippen molar-refractivity contribution in [2.75, 3.05) is 13.7 Å². The highest BCUT2D eigenvalue weighted by atomic mass is 19.1. The Morgan fingerprint density at radius 2 is 1.61 bits per heavy atom. The third-order valence-electron chi connectivity index (χ3n) is 8.06. The second-order valence-corrected chi connectivity index (χ2v) is 11.2. The number of ether oxygens (including phenoxy) is 3. The van der Waals surface area contributed by atoms with Crippen LogP contribution in [0.3, 0.4) is 0 Å². The number of hydrogen-bond acceptors (Lipinski definition) is 4. The molecule has 5 nitrogen and oxygen atoms in total. The van der Waals surface area contributed by atoms with Crippen LogP contribution in [0.1, 0.15) is 53.5 Å². The number of halogens is 1. The van der Waals surface area contributed by atoms with E-state index < -0.39 is 11.0 Å². The van der Waals surface area contributed by atoms with E-state index in [-0.39, 0.29) is 11.8 Å². The monoisotopic (exact) mass is 549 g/mol. The number of nitrogens with zero attached hydrogens (tertiary/aromatic N) is 1. The fraction of sp³-hybridized carbons (Fsp3) is 0.229. The number of fused-ring (bicyclic) bond motifs is 3. The van der Waals surface area contributed by atoms with Crippen LogP contribution in [-0.4, -0.2) is 24.3 Å². The van der Waals surface area contributed by atoms with Crippen LogP contribution in [0.5, 0.6) is 5.75 Å². The van der Waals surface area contributed by atoms with Crippen LogP contribution in [0.4, 0.5) is 4.39 Å². The van der Waals surface area contributed by atoms with Crippen molar-refractivity contribution in [3.8, 4) is 11.4 Å². The Morgan fingerprint density at radius 3 is 2.29 bits per heavy atom. The van der Waals surface area contributed by atoms with Crippen LogP contribution in [0.15, 0.2) is 97.1 Å². The first-order valence-electron chi connectivity index (χ1n) is 13.7. The number of hydrogen-bond donors (Lipinski definition) is 0. The van der Waals surface area contributed by atoms with Crippen molar-refractivity contribution in [1.29, 1.82) is 0 Å². The topological polar surface area (TPSA) is 49.7 Å². The highest BCUT2D eigenvalue weighted by Crippen LogP contribution is 2.52. The van der Waals surface area contributed by atoms with Crippen molar-refractivity contribution in [3.05, 3.63) is 131 Å². The minimum absolute atomic E-state index is 0.294. The Labute approximate surface area is 239 Å². The van der Waals surface area contributed by atoms with E-state index in [0.717, 1.165) is 44.7 Å². The first-order chi connectivity index (χ1) is 19.7. The summed E-state index contributed by atoms with van der Waals surface area (Å²) in [5.74, 6) is 0.0866. The number of carbonyl (C=O) groups is 1. The summed E-state index contributed by atoms with van der Waals surface area (Å²) in [6.07, 6.45) is 0. The molecule has 0 amide bonds. The van der Waals surface area contributed by atoms with Gasteiger partial charge in [0.1, 0.15) is 23.8 Å². The zero-order valence-electron chi connectivity index (χ0n) is 23.6. The predicted molar refractivity (Wildman–Crippen MR) is 157 cm³/mol. The van der Waals surface area contributed by atoms with Gasteiger partial charge >= 0.3 is 5.97 Å². The van der Waals surface area contributed by atoms with E-state index >= 15 is 0 Å². The Bertz CT molecular complexity index is 1720. The summed E-state index contributed by atoms with van der Waals surface area (Å²) in [7, 11) is 1.38. The molecule has 1 aliphatic rings. The molecule has 0 aliphatic carbocycles. The molecule has 6 rings (SSSR count). The highest BCUT2D eigenvalue weighted by molar-refractivity contribution is 5.95. The normalized spacial score (nSPS) is 17.7. The van der Waals surface area contributed by atoms with Gasteiger partial charge in [-0.15, -0.1) is 0 Å². The number of esters is 1. The van der Waals surface area contributed by atoms with Gasteiger partial charge in [0.05, 0.1) is 30.5 Å². The fourth-order valence-electron chi connectivity index (χ4n) is 5.91. The largest absolute Gasteiger partial charge is 0.488 e. The SMILES string of the molecule is COC(=O)c1ccc(C2(C)COC(C)(C)c3c2c2c(OCc4ccccc4)cccc2n3-c2ccc(F)cc2)cc1. The van der Waals surface area contributed by atoms with Gasteiger partial charge in [-0.25, -0.2) is 9.18 Å². The first kappa shape index (κ1) is 26.8. The van der Waals surface area contributed by atoms with Crippen molar-refractivity contribution >= 4 is 16.9 Å². The van der Waals surface area contributed by atoms with Gasteiger partial charge in [-0.1, -0.05) is 48.5 Å². The lowest BCUT2D eigenvalue weighted by Crippen LogP contribution is -2.43. The summed E-state index contributed by atoms with van der Waals surface area (Å²) < 4.78 is 34.3. The van der Waals surface area contributed by atoms with Crippen LogP contribution >= 0.6 is 0 Å². The van der Waals surface area contributed by atoms with E-state index in [0.29, 0.717) is 18.8 Å². The summed E-state index contributed by atoms with van der Waals surface area (Å²) in [4.78, 5) is 12.2. The number of benzene rings is 4. The van der Waals surface area contributed by atoms with Gasteiger partial charge in [-0.2, -0.15) is 0 Å². The molecule has 4 aromatic carbocycles. The predicted octanol–water partition coefficient (Wildman–Crippen LogP) is 7.71. The van der Waals surface area contributed by atoms with Gasteiger partial charge in [-0.05, 0) is 80.4 Å². The minimum atomic E-state index is -0.662. The fourth-order valence-corrected chi connectivity index (χ4v) is 5.91. The molecule has 0 spiro atoms. The van der Waals surface area contributed by atoms with Gasteiger partial charge in [0.15, 0.2) is 0 Å². The zero-order valence-corrected chi connectivity index (χ0v) is 23.6. The Balaban J connectivity index is 1.63. The first-order valence-corrected chi connectivity index (χ1v) is 13.7. The summed E-state index contributed by atoms with van der Waals surface area (Å²) in [5, 5.41) is 0.985. The van der Waals surface area contributed by atoms with Gasteiger partial charge in [0, 0.05) is 22.1 Å². The summed E-state index contributed by atoms with van der Waals surface area (Å²) >= 11 is 0. The van der Waals surface area contributed by atoms with Gasteiger partial charge in [-0.3, -0.25) is 0 Å². The third kappa shape index (κ3) is 4.58. The molecule has 1 aliphatic heterocycles. The summed E-state index contributed by atoms with van der Waals surface area (Å²) in [6.45, 7) is 7.13. The second kappa shape index (κ2) is 10.2. The molecule has 0 fully saturated rings. The van der Waals surface area contributed by atoms with E-state index in [9.17, 15) is 9.18 Å². The minimum Gasteiger partial charge on any atom is -0.488 e. The lowest BCUT2D eigenvalue weighted by molar-refractivity contribution is -0.0581. The molecule has 1 aromatic heterocycles. The highest BCUT2D eigenvalue weighted by Gasteiger charge is 2.47. The molecule has 1 atom stereocenters. The van der Waals surface area contributed by atoms with Crippen molar-refractivity contribution in [2.45, 2.75) is 38.4 Å². The number of rotatable bonds is 6. The smallest absolute Gasteiger partial charge is 0.337 e. The Hall–Kier alpha value is -4.42. The number of carbonyl (C=O) groups excluding carboxylic acids is 1. The van der Waals surface area contributed by atoms with E-state index in [4.69, 9.17) is 14.2 Å². The molecule has 41 heavy (non-hydrogen) atoms. The van der Waals surface area contributed by atoms with E-state index in [2.05, 4.69) is 31.4 Å².